The predicted octanol–water partition coefficient (Wildman–Crippen LogP) is 1.76. The molecular weight excluding hydrogens is 286 g/mol. The van der Waals surface area contributed by atoms with Gasteiger partial charge in [0.05, 0.1) is 6.04 Å². The van der Waals surface area contributed by atoms with Gasteiger partial charge in [0, 0.05) is 17.5 Å². The predicted molar refractivity (Wildman–Crippen MR) is 80.6 cm³/mol. The molecule has 7 heteroatoms. The lowest BCUT2D eigenvalue weighted by Crippen LogP contribution is -2.59. The summed E-state index contributed by atoms with van der Waals surface area (Å²) in [4.78, 5) is 52.1. The van der Waals surface area contributed by atoms with Crippen LogP contribution in [0.25, 0.3) is 0 Å². The second-order valence-corrected chi connectivity index (χ2v) is 6.90. The Balaban J connectivity index is 5.62. The average molecular weight is 309 g/mol. The van der Waals surface area contributed by atoms with E-state index in [9.17, 15) is 19.2 Å². The first-order valence-electron chi connectivity index (χ1n) is 6.97. The van der Waals surface area contributed by atoms with Crippen LogP contribution in [0.2, 0.25) is 0 Å². The third-order valence-electron chi connectivity index (χ3n) is 3.00. The van der Waals surface area contributed by atoms with Gasteiger partial charge in [-0.1, -0.05) is 0 Å². The Kier molecular flexibility index (Phi) is 7.20. The lowest BCUT2D eigenvalue weighted by atomic mass is 9.91. The Bertz CT molecular complexity index is 502. The molecule has 0 N–H and O–H groups in total. The van der Waals surface area contributed by atoms with Crippen molar-refractivity contribution in [2.75, 3.05) is 0 Å². The number of rotatable bonds is 5. The van der Waals surface area contributed by atoms with Gasteiger partial charge in [-0.3, -0.25) is 14.5 Å². The first kappa shape index (κ1) is 20.1. The molecule has 0 aliphatic heterocycles. The maximum absolute atomic E-state index is 12.2. The van der Waals surface area contributed by atoms with E-state index in [4.69, 9.17) is 0 Å². The van der Waals surface area contributed by atoms with Gasteiger partial charge in [-0.25, -0.2) is 9.59 Å². The maximum atomic E-state index is 12.2. The van der Waals surface area contributed by atoms with Gasteiger partial charge in [-0.05, 0) is 48.0 Å². The van der Waals surface area contributed by atoms with Crippen molar-refractivity contribution in [3.05, 3.63) is 0 Å². The normalized spacial score (nSPS) is 13.0. The van der Waals surface area contributed by atoms with Gasteiger partial charge in [0.15, 0.2) is 0 Å². The molecule has 0 heterocycles. The van der Waals surface area contributed by atoms with Crippen molar-refractivity contribution < 1.29 is 19.2 Å². The van der Waals surface area contributed by atoms with Crippen LogP contribution in [0.4, 0.5) is 0 Å². The fourth-order valence-electron chi connectivity index (χ4n) is 2.79. The minimum atomic E-state index is -0.785. The standard InChI is InChI=1S/C15H23N3O4/c1-14(2,3)18(15(4,5)6)11(13(22)17-10-20)7-8-12(21)16-9-19/h11H,7-8H2,1-6H3/t11-/m0/s1. The Morgan fingerprint density at radius 1 is 0.955 bits per heavy atom. The van der Waals surface area contributed by atoms with Crippen LogP contribution in [-0.4, -0.2) is 46.0 Å². The van der Waals surface area contributed by atoms with Crippen LogP contribution in [0.1, 0.15) is 54.4 Å². The van der Waals surface area contributed by atoms with Crippen LogP contribution >= 0.6 is 0 Å². The fraction of sp³-hybridized carbons (Fsp3) is 0.733. The molecule has 0 saturated heterocycles. The number of nitrogens with zero attached hydrogens (tertiary/aromatic N) is 3. The topological polar surface area (TPSA) is 96.2 Å². The first-order valence-corrected chi connectivity index (χ1v) is 6.97. The van der Waals surface area contributed by atoms with Gasteiger partial charge in [0.25, 0.3) is 11.8 Å². The van der Waals surface area contributed by atoms with Crippen molar-refractivity contribution in [3.63, 3.8) is 0 Å². The van der Waals surface area contributed by atoms with Crippen molar-refractivity contribution in [2.24, 2.45) is 9.98 Å². The van der Waals surface area contributed by atoms with E-state index in [2.05, 4.69) is 9.98 Å². The highest BCUT2D eigenvalue weighted by Crippen LogP contribution is 2.30. The van der Waals surface area contributed by atoms with Gasteiger partial charge in [-0.15, -0.1) is 9.98 Å². The summed E-state index contributed by atoms with van der Waals surface area (Å²) in [6, 6.07) is -0.785. The zero-order chi connectivity index (χ0) is 17.6. The van der Waals surface area contributed by atoms with E-state index in [1.807, 2.05) is 46.4 Å². The highest BCUT2D eigenvalue weighted by atomic mass is 16.2. The van der Waals surface area contributed by atoms with Gasteiger partial charge in [0.2, 0.25) is 12.2 Å². The maximum Gasteiger partial charge on any atom is 0.273 e. The SMILES string of the molecule is CC(C)(C)N([C@@H](CCC(=O)N=C=O)C(=O)N=C=O)C(C)(C)C. The summed E-state index contributed by atoms with van der Waals surface area (Å²) < 4.78 is 0. The number of carbonyl (C=O) groups is 2. The number of hydrogen-bond acceptors (Lipinski definition) is 5. The zero-order valence-electron chi connectivity index (χ0n) is 14.0. The number of aliphatic imine (C=N–C) groups is 2. The Morgan fingerprint density at radius 3 is 1.77 bits per heavy atom. The van der Waals surface area contributed by atoms with Gasteiger partial charge in [-0.2, -0.15) is 0 Å². The van der Waals surface area contributed by atoms with E-state index in [-0.39, 0.29) is 12.8 Å². The van der Waals surface area contributed by atoms with Gasteiger partial charge >= 0.3 is 0 Å². The Labute approximate surface area is 130 Å². The smallest absolute Gasteiger partial charge is 0.273 e. The highest BCUT2D eigenvalue weighted by molar-refractivity contribution is 5.87. The van der Waals surface area contributed by atoms with Crippen molar-refractivity contribution in [1.82, 2.24) is 4.90 Å². The summed E-state index contributed by atoms with van der Waals surface area (Å²) in [5.74, 6) is -1.33. The van der Waals surface area contributed by atoms with E-state index in [1.54, 1.807) is 0 Å². The van der Waals surface area contributed by atoms with Crippen molar-refractivity contribution in [3.8, 4) is 0 Å². The molecule has 0 fully saturated rings. The van der Waals surface area contributed by atoms with E-state index in [0.717, 1.165) is 0 Å². The molecule has 22 heavy (non-hydrogen) atoms. The van der Waals surface area contributed by atoms with Gasteiger partial charge < -0.3 is 0 Å². The summed E-state index contributed by atoms with van der Waals surface area (Å²) in [5.41, 5.74) is -0.818. The second kappa shape index (κ2) is 7.90. The van der Waals surface area contributed by atoms with Crippen molar-refractivity contribution in [2.45, 2.75) is 71.5 Å². The van der Waals surface area contributed by atoms with Crippen LogP contribution in [0.3, 0.4) is 0 Å². The highest BCUT2D eigenvalue weighted by Gasteiger charge is 2.40. The second-order valence-electron chi connectivity index (χ2n) is 6.90. The molecular formula is C15H23N3O4. The Hall–Kier alpha value is -1.94. The zero-order valence-corrected chi connectivity index (χ0v) is 14.0. The molecule has 2 amide bonds. The molecule has 0 rings (SSSR count). The molecule has 0 aliphatic rings. The lowest BCUT2D eigenvalue weighted by Gasteiger charge is -2.48. The minimum Gasteiger partial charge on any atom is -0.282 e. The lowest BCUT2D eigenvalue weighted by molar-refractivity contribution is -0.130. The summed E-state index contributed by atoms with van der Waals surface area (Å²) in [6.45, 7) is 11.6. The molecule has 122 valence electrons. The largest absolute Gasteiger partial charge is 0.282 e. The fourth-order valence-corrected chi connectivity index (χ4v) is 2.79. The van der Waals surface area contributed by atoms with Crippen LogP contribution in [0.15, 0.2) is 9.98 Å². The average Bonchev–Trinajstić information content (AvgIpc) is 2.31. The summed E-state index contributed by atoms with van der Waals surface area (Å²) in [6.07, 6.45) is 2.41. The van der Waals surface area contributed by atoms with Crippen LogP contribution in [-0.2, 0) is 19.2 Å². The number of carbonyl (C=O) groups excluding carboxylic acids is 4. The molecule has 1 atom stereocenters. The Morgan fingerprint density at radius 2 is 1.41 bits per heavy atom. The third kappa shape index (κ3) is 6.22. The molecule has 0 aromatic heterocycles. The number of amides is 2. The first-order chi connectivity index (χ1) is 9.95. The molecule has 7 nitrogen and oxygen atoms in total. The van der Waals surface area contributed by atoms with Crippen LogP contribution < -0.4 is 0 Å². The quantitative estimate of drug-likeness (QED) is 0.569. The third-order valence-corrected chi connectivity index (χ3v) is 3.00. The van der Waals surface area contributed by atoms with Crippen LogP contribution in [0.5, 0.6) is 0 Å². The molecule has 0 saturated carbocycles. The molecule has 0 aromatic carbocycles. The molecule has 0 spiro atoms. The number of hydrogen-bond donors (Lipinski definition) is 0. The van der Waals surface area contributed by atoms with E-state index in [1.165, 1.54) is 12.2 Å². The molecule has 0 bridgehead atoms. The van der Waals surface area contributed by atoms with E-state index >= 15 is 0 Å². The van der Waals surface area contributed by atoms with Crippen molar-refractivity contribution >= 4 is 24.0 Å². The van der Waals surface area contributed by atoms with Gasteiger partial charge in [0.1, 0.15) is 0 Å². The molecule has 0 radical (unpaired) electrons. The van der Waals surface area contributed by atoms with Crippen molar-refractivity contribution in [1.29, 1.82) is 0 Å². The number of isocyanates is 2. The monoisotopic (exact) mass is 309 g/mol. The molecule has 0 aromatic rings. The van der Waals surface area contributed by atoms with Crippen LogP contribution in [0, 0.1) is 0 Å². The van der Waals surface area contributed by atoms with E-state index in [0.29, 0.717) is 0 Å². The molecule has 0 aliphatic carbocycles. The summed E-state index contributed by atoms with van der Waals surface area (Å²) >= 11 is 0. The minimum absolute atomic E-state index is 0.0998. The molecule has 0 unspecified atom stereocenters. The summed E-state index contributed by atoms with van der Waals surface area (Å²) in [5, 5.41) is 0. The summed E-state index contributed by atoms with van der Waals surface area (Å²) in [7, 11) is 0. The van der Waals surface area contributed by atoms with E-state index < -0.39 is 28.9 Å².